The van der Waals surface area contributed by atoms with Gasteiger partial charge in [-0.2, -0.15) is 0 Å². The van der Waals surface area contributed by atoms with Gasteiger partial charge in [-0.25, -0.2) is 0 Å². The minimum absolute atomic E-state index is 1.29. The van der Waals surface area contributed by atoms with E-state index in [-0.39, 0.29) is 0 Å². The quantitative estimate of drug-likeness (QED) is 0.586. The van der Waals surface area contributed by atoms with Gasteiger partial charge in [0.15, 0.2) is 0 Å². The average molecular weight is 235 g/mol. The molecule has 0 fully saturated rings. The topological polar surface area (TPSA) is 4.93 Å². The second-order valence-electron chi connectivity index (χ2n) is 5.04. The maximum absolute atomic E-state index is 2.24. The molecule has 90 valence electrons. The fraction of sp³-hybridized carbons (Fsp3) is 0.176. The average Bonchev–Trinajstić information content (AvgIpc) is 2.68. The minimum atomic E-state index is 1.29. The van der Waals surface area contributed by atoms with E-state index in [4.69, 9.17) is 0 Å². The summed E-state index contributed by atoms with van der Waals surface area (Å²) in [5.41, 5.74) is 6.50. The molecule has 0 radical (unpaired) electrons. The van der Waals surface area contributed by atoms with E-state index in [2.05, 4.69) is 74.1 Å². The molecule has 0 N–H and O–H groups in total. The van der Waals surface area contributed by atoms with Crippen LogP contribution < -0.4 is 0 Å². The number of rotatable bonds is 1. The first-order chi connectivity index (χ1) is 8.65. The Morgan fingerprint density at radius 1 is 0.833 bits per heavy atom. The van der Waals surface area contributed by atoms with E-state index in [1.165, 1.54) is 33.2 Å². The van der Waals surface area contributed by atoms with E-state index in [0.717, 1.165) is 0 Å². The second kappa shape index (κ2) is 4.02. The van der Waals surface area contributed by atoms with Crippen molar-refractivity contribution in [2.24, 2.45) is 7.05 Å². The monoisotopic (exact) mass is 235 g/mol. The Morgan fingerprint density at radius 3 is 2.22 bits per heavy atom. The molecule has 1 heterocycles. The molecule has 0 unspecified atom stereocenters. The molecule has 18 heavy (non-hydrogen) atoms. The predicted octanol–water partition coefficient (Wildman–Crippen LogP) is 4.46. The van der Waals surface area contributed by atoms with Crippen molar-refractivity contribution in [3.63, 3.8) is 0 Å². The summed E-state index contributed by atoms with van der Waals surface area (Å²) < 4.78 is 2.21. The SMILES string of the molecule is Cc1ccc(-c2cn(C)c3cc(C)ccc23)cc1. The lowest BCUT2D eigenvalue weighted by Crippen LogP contribution is -1.83. The summed E-state index contributed by atoms with van der Waals surface area (Å²) >= 11 is 0. The first-order valence-electron chi connectivity index (χ1n) is 6.28. The van der Waals surface area contributed by atoms with Crippen molar-refractivity contribution in [3.05, 3.63) is 59.8 Å². The standard InChI is InChI=1S/C17H17N/c1-12-4-7-14(8-5-12)16-11-18(3)17-10-13(2)6-9-15(16)17/h4-11H,1-3H3. The van der Waals surface area contributed by atoms with Gasteiger partial charge in [0.2, 0.25) is 0 Å². The Balaban J connectivity index is 2.26. The maximum Gasteiger partial charge on any atom is 0.0486 e. The fourth-order valence-corrected chi connectivity index (χ4v) is 2.46. The molecule has 0 aliphatic rings. The molecule has 0 amide bonds. The van der Waals surface area contributed by atoms with Crippen LogP contribution in [0, 0.1) is 13.8 Å². The third-order valence-electron chi connectivity index (χ3n) is 3.51. The lowest BCUT2D eigenvalue weighted by atomic mass is 10.0. The van der Waals surface area contributed by atoms with Crippen molar-refractivity contribution < 1.29 is 0 Å². The van der Waals surface area contributed by atoms with Crippen LogP contribution in [0.1, 0.15) is 11.1 Å². The Bertz CT molecular complexity index is 702. The Labute approximate surface area is 108 Å². The summed E-state index contributed by atoms with van der Waals surface area (Å²) in [6.07, 6.45) is 2.22. The Hall–Kier alpha value is -2.02. The summed E-state index contributed by atoms with van der Waals surface area (Å²) in [6.45, 7) is 4.26. The van der Waals surface area contributed by atoms with E-state index in [0.29, 0.717) is 0 Å². The predicted molar refractivity (Wildman–Crippen MR) is 77.8 cm³/mol. The summed E-state index contributed by atoms with van der Waals surface area (Å²) in [5, 5.41) is 1.33. The summed E-state index contributed by atoms with van der Waals surface area (Å²) in [4.78, 5) is 0. The normalized spacial score (nSPS) is 11.1. The highest BCUT2D eigenvalue weighted by atomic mass is 14.9. The summed E-state index contributed by atoms with van der Waals surface area (Å²) in [5.74, 6) is 0. The van der Waals surface area contributed by atoms with Crippen LogP contribution in [0.15, 0.2) is 48.7 Å². The Morgan fingerprint density at radius 2 is 1.50 bits per heavy atom. The summed E-state index contributed by atoms with van der Waals surface area (Å²) in [6, 6.07) is 15.4. The van der Waals surface area contributed by atoms with E-state index in [1.807, 2.05) is 0 Å². The van der Waals surface area contributed by atoms with E-state index in [9.17, 15) is 0 Å². The van der Waals surface area contributed by atoms with E-state index >= 15 is 0 Å². The smallest absolute Gasteiger partial charge is 0.0486 e. The molecular formula is C17H17N. The summed E-state index contributed by atoms with van der Waals surface area (Å²) in [7, 11) is 2.11. The molecule has 0 atom stereocenters. The lowest BCUT2D eigenvalue weighted by Gasteiger charge is -2.01. The molecule has 3 rings (SSSR count). The molecule has 1 heteroatoms. The largest absolute Gasteiger partial charge is 0.350 e. The van der Waals surface area contributed by atoms with Crippen LogP contribution in [0.4, 0.5) is 0 Å². The van der Waals surface area contributed by atoms with Crippen LogP contribution in [-0.2, 0) is 7.05 Å². The molecule has 0 spiro atoms. The molecule has 2 aromatic carbocycles. The van der Waals surface area contributed by atoms with Crippen molar-refractivity contribution in [2.75, 3.05) is 0 Å². The van der Waals surface area contributed by atoms with Gasteiger partial charge in [-0.1, -0.05) is 42.0 Å². The molecule has 0 aliphatic carbocycles. The molecule has 0 aliphatic heterocycles. The van der Waals surface area contributed by atoms with Crippen molar-refractivity contribution >= 4 is 10.9 Å². The molecule has 0 saturated heterocycles. The highest BCUT2D eigenvalue weighted by molar-refractivity contribution is 5.96. The van der Waals surface area contributed by atoms with Crippen LogP contribution in [0.3, 0.4) is 0 Å². The molecule has 0 bridgehead atoms. The molecule has 1 aromatic heterocycles. The van der Waals surface area contributed by atoms with Crippen LogP contribution in [-0.4, -0.2) is 4.57 Å². The van der Waals surface area contributed by atoms with E-state index < -0.39 is 0 Å². The van der Waals surface area contributed by atoms with Crippen molar-refractivity contribution in [1.82, 2.24) is 4.57 Å². The number of aromatic nitrogens is 1. The van der Waals surface area contributed by atoms with Crippen LogP contribution >= 0.6 is 0 Å². The van der Waals surface area contributed by atoms with Gasteiger partial charge >= 0.3 is 0 Å². The number of hydrogen-bond acceptors (Lipinski definition) is 0. The highest BCUT2D eigenvalue weighted by Crippen LogP contribution is 2.30. The third-order valence-corrected chi connectivity index (χ3v) is 3.51. The van der Waals surface area contributed by atoms with Crippen LogP contribution in [0.5, 0.6) is 0 Å². The zero-order chi connectivity index (χ0) is 12.7. The molecular weight excluding hydrogens is 218 g/mol. The highest BCUT2D eigenvalue weighted by Gasteiger charge is 2.08. The number of benzene rings is 2. The number of aryl methyl sites for hydroxylation is 3. The second-order valence-corrected chi connectivity index (χ2v) is 5.04. The van der Waals surface area contributed by atoms with Crippen molar-refractivity contribution in [1.29, 1.82) is 0 Å². The van der Waals surface area contributed by atoms with Gasteiger partial charge in [0.25, 0.3) is 0 Å². The fourth-order valence-electron chi connectivity index (χ4n) is 2.46. The molecule has 0 saturated carbocycles. The van der Waals surface area contributed by atoms with Gasteiger partial charge in [-0.15, -0.1) is 0 Å². The van der Waals surface area contributed by atoms with Gasteiger partial charge in [0, 0.05) is 29.7 Å². The first-order valence-corrected chi connectivity index (χ1v) is 6.28. The first kappa shape index (κ1) is 11.1. The van der Waals surface area contributed by atoms with Gasteiger partial charge in [-0.3, -0.25) is 0 Å². The van der Waals surface area contributed by atoms with E-state index in [1.54, 1.807) is 0 Å². The minimum Gasteiger partial charge on any atom is -0.350 e. The Kier molecular flexibility index (Phi) is 2.48. The van der Waals surface area contributed by atoms with Crippen molar-refractivity contribution in [2.45, 2.75) is 13.8 Å². The number of nitrogens with zero attached hydrogens (tertiary/aromatic N) is 1. The number of fused-ring (bicyclic) bond motifs is 1. The molecule has 1 nitrogen and oxygen atoms in total. The van der Waals surface area contributed by atoms with Crippen molar-refractivity contribution in [3.8, 4) is 11.1 Å². The van der Waals surface area contributed by atoms with Gasteiger partial charge in [0.1, 0.15) is 0 Å². The number of hydrogen-bond donors (Lipinski definition) is 0. The lowest BCUT2D eigenvalue weighted by molar-refractivity contribution is 0.969. The zero-order valence-electron chi connectivity index (χ0n) is 11.1. The van der Waals surface area contributed by atoms with Gasteiger partial charge in [0.05, 0.1) is 0 Å². The van der Waals surface area contributed by atoms with Crippen LogP contribution in [0.2, 0.25) is 0 Å². The molecule has 3 aromatic rings. The maximum atomic E-state index is 2.24. The zero-order valence-corrected chi connectivity index (χ0v) is 11.1. The van der Waals surface area contributed by atoms with Crippen LogP contribution in [0.25, 0.3) is 22.0 Å². The third kappa shape index (κ3) is 1.72. The van der Waals surface area contributed by atoms with Gasteiger partial charge in [-0.05, 0) is 31.0 Å². The van der Waals surface area contributed by atoms with Gasteiger partial charge < -0.3 is 4.57 Å².